The molecule has 0 spiro atoms. The van der Waals surface area contributed by atoms with Crippen molar-refractivity contribution in [3.8, 4) is 0 Å². The predicted octanol–water partition coefficient (Wildman–Crippen LogP) is 0.474. The molecule has 2 N–H and O–H groups in total. The molecular formula is C12H20N2O3. The monoisotopic (exact) mass is 240 g/mol. The van der Waals surface area contributed by atoms with Crippen LogP contribution in [0.25, 0.3) is 0 Å². The average molecular weight is 240 g/mol. The Morgan fingerprint density at radius 2 is 2.41 bits per heavy atom. The molecule has 2 atom stereocenters. The average Bonchev–Trinajstić information content (AvgIpc) is 2.37. The van der Waals surface area contributed by atoms with Gasteiger partial charge in [0, 0.05) is 26.1 Å². The number of carboxylic acid groups (broad SMARTS) is 1. The number of nitrogens with one attached hydrogen (secondary N) is 1. The minimum atomic E-state index is -0.867. The van der Waals surface area contributed by atoms with Gasteiger partial charge in [0.1, 0.15) is 0 Å². The van der Waals surface area contributed by atoms with Crippen molar-refractivity contribution in [2.45, 2.75) is 25.8 Å². The summed E-state index contributed by atoms with van der Waals surface area (Å²) in [6.45, 7) is 7.79. The second kappa shape index (κ2) is 6.39. The standard InChI is InChI=1S/C12H20N2O3/c1-3-6-14-8-9(2)7-13-12(17)10(14)4-5-11(15)16/h3,9-10H,1,4-8H2,2H3,(H,13,17)(H,15,16). The molecule has 1 rings (SSSR count). The van der Waals surface area contributed by atoms with Gasteiger partial charge in [0.15, 0.2) is 0 Å². The lowest BCUT2D eigenvalue weighted by atomic mass is 10.1. The zero-order valence-electron chi connectivity index (χ0n) is 10.2. The van der Waals surface area contributed by atoms with Crippen LogP contribution in [0.15, 0.2) is 12.7 Å². The molecule has 1 aliphatic rings. The second-order valence-corrected chi connectivity index (χ2v) is 4.54. The molecule has 0 bridgehead atoms. The molecule has 1 saturated heterocycles. The number of carboxylic acids is 1. The molecule has 96 valence electrons. The van der Waals surface area contributed by atoms with E-state index >= 15 is 0 Å². The van der Waals surface area contributed by atoms with E-state index in [2.05, 4.69) is 18.8 Å². The Balaban J connectivity index is 2.72. The van der Waals surface area contributed by atoms with Gasteiger partial charge in [-0.3, -0.25) is 14.5 Å². The Morgan fingerprint density at radius 1 is 1.71 bits per heavy atom. The van der Waals surface area contributed by atoms with Crippen LogP contribution in [0.3, 0.4) is 0 Å². The first-order valence-corrected chi connectivity index (χ1v) is 5.89. The van der Waals surface area contributed by atoms with E-state index in [0.29, 0.717) is 25.4 Å². The minimum absolute atomic E-state index is 0.0140. The molecule has 5 nitrogen and oxygen atoms in total. The summed E-state index contributed by atoms with van der Waals surface area (Å²) in [5.41, 5.74) is 0. The van der Waals surface area contributed by atoms with Crippen molar-refractivity contribution < 1.29 is 14.7 Å². The number of amides is 1. The zero-order valence-corrected chi connectivity index (χ0v) is 10.2. The SMILES string of the molecule is C=CCN1CC(C)CNC(=O)C1CCC(=O)O. The lowest BCUT2D eigenvalue weighted by Crippen LogP contribution is -2.44. The predicted molar refractivity (Wildman–Crippen MR) is 64.6 cm³/mol. The van der Waals surface area contributed by atoms with Gasteiger partial charge in [-0.05, 0) is 12.3 Å². The molecule has 0 radical (unpaired) electrons. The zero-order chi connectivity index (χ0) is 12.8. The van der Waals surface area contributed by atoms with Crippen LogP contribution in [0.5, 0.6) is 0 Å². The van der Waals surface area contributed by atoms with Gasteiger partial charge < -0.3 is 10.4 Å². The molecule has 1 heterocycles. The van der Waals surface area contributed by atoms with E-state index in [4.69, 9.17) is 5.11 Å². The highest BCUT2D eigenvalue weighted by Gasteiger charge is 2.29. The molecule has 0 aromatic carbocycles. The number of rotatable bonds is 5. The molecule has 5 heteroatoms. The van der Waals surface area contributed by atoms with E-state index in [0.717, 1.165) is 6.54 Å². The van der Waals surface area contributed by atoms with Gasteiger partial charge in [0.2, 0.25) is 5.91 Å². The minimum Gasteiger partial charge on any atom is -0.481 e. The van der Waals surface area contributed by atoms with Gasteiger partial charge in [-0.1, -0.05) is 13.0 Å². The summed E-state index contributed by atoms with van der Waals surface area (Å²) in [5, 5.41) is 11.5. The number of nitrogens with zero attached hydrogens (tertiary/aromatic N) is 1. The van der Waals surface area contributed by atoms with Crippen molar-refractivity contribution in [1.82, 2.24) is 10.2 Å². The molecule has 1 aliphatic heterocycles. The number of carbonyl (C=O) groups is 2. The van der Waals surface area contributed by atoms with Crippen molar-refractivity contribution in [1.29, 1.82) is 0 Å². The summed E-state index contributed by atoms with van der Waals surface area (Å²) >= 11 is 0. The Kier molecular flexibility index (Phi) is 5.15. The highest BCUT2D eigenvalue weighted by molar-refractivity contribution is 5.82. The van der Waals surface area contributed by atoms with Gasteiger partial charge in [-0.25, -0.2) is 0 Å². The Bertz CT molecular complexity index is 304. The topological polar surface area (TPSA) is 69.6 Å². The first kappa shape index (κ1) is 13.7. The number of hydrogen-bond donors (Lipinski definition) is 2. The van der Waals surface area contributed by atoms with Crippen LogP contribution >= 0.6 is 0 Å². The molecule has 0 aromatic heterocycles. The number of aliphatic carboxylic acids is 1. The van der Waals surface area contributed by atoms with Crippen molar-refractivity contribution in [2.75, 3.05) is 19.6 Å². The number of hydrogen-bond acceptors (Lipinski definition) is 3. The van der Waals surface area contributed by atoms with Crippen molar-refractivity contribution in [3.63, 3.8) is 0 Å². The summed E-state index contributed by atoms with van der Waals surface area (Å²) in [6, 6.07) is -0.353. The lowest BCUT2D eigenvalue weighted by molar-refractivity contribution is -0.137. The first-order chi connectivity index (χ1) is 8.04. The van der Waals surface area contributed by atoms with Gasteiger partial charge in [-0.2, -0.15) is 0 Å². The first-order valence-electron chi connectivity index (χ1n) is 5.89. The van der Waals surface area contributed by atoms with E-state index in [1.165, 1.54) is 0 Å². The maximum absolute atomic E-state index is 11.9. The summed E-state index contributed by atoms with van der Waals surface area (Å²) in [6.07, 6.45) is 2.11. The highest BCUT2D eigenvalue weighted by Crippen LogP contribution is 2.14. The van der Waals surface area contributed by atoms with E-state index < -0.39 is 5.97 Å². The fourth-order valence-corrected chi connectivity index (χ4v) is 2.09. The lowest BCUT2D eigenvalue weighted by Gasteiger charge is -2.27. The number of carbonyl (C=O) groups excluding carboxylic acids is 1. The third-order valence-electron chi connectivity index (χ3n) is 2.91. The largest absolute Gasteiger partial charge is 0.481 e. The van der Waals surface area contributed by atoms with Gasteiger partial charge >= 0.3 is 5.97 Å². The summed E-state index contributed by atoms with van der Waals surface area (Å²) in [7, 11) is 0. The van der Waals surface area contributed by atoms with Crippen LogP contribution < -0.4 is 5.32 Å². The van der Waals surface area contributed by atoms with Crippen molar-refractivity contribution in [3.05, 3.63) is 12.7 Å². The van der Waals surface area contributed by atoms with E-state index in [1.54, 1.807) is 6.08 Å². The van der Waals surface area contributed by atoms with Crippen LogP contribution in [0.4, 0.5) is 0 Å². The quantitative estimate of drug-likeness (QED) is 0.686. The van der Waals surface area contributed by atoms with Gasteiger partial charge in [0.25, 0.3) is 0 Å². The summed E-state index contributed by atoms with van der Waals surface area (Å²) < 4.78 is 0. The Hall–Kier alpha value is -1.36. The molecular weight excluding hydrogens is 220 g/mol. The van der Waals surface area contributed by atoms with Gasteiger partial charge in [0.05, 0.1) is 6.04 Å². The Morgan fingerprint density at radius 3 is 3.00 bits per heavy atom. The van der Waals surface area contributed by atoms with Crippen LogP contribution in [0, 0.1) is 5.92 Å². The molecule has 0 saturated carbocycles. The third kappa shape index (κ3) is 4.19. The highest BCUT2D eigenvalue weighted by atomic mass is 16.4. The summed E-state index contributed by atoms with van der Waals surface area (Å²) in [5.74, 6) is -0.570. The smallest absolute Gasteiger partial charge is 0.303 e. The molecule has 0 aromatic rings. The van der Waals surface area contributed by atoms with Crippen LogP contribution in [0.2, 0.25) is 0 Å². The Labute approximate surface area is 101 Å². The molecule has 2 unspecified atom stereocenters. The van der Waals surface area contributed by atoms with Crippen LogP contribution in [-0.4, -0.2) is 47.6 Å². The van der Waals surface area contributed by atoms with E-state index in [1.807, 2.05) is 4.90 Å². The maximum Gasteiger partial charge on any atom is 0.303 e. The van der Waals surface area contributed by atoms with Crippen LogP contribution in [-0.2, 0) is 9.59 Å². The maximum atomic E-state index is 11.9. The van der Waals surface area contributed by atoms with Gasteiger partial charge in [-0.15, -0.1) is 6.58 Å². The molecule has 1 fully saturated rings. The summed E-state index contributed by atoms with van der Waals surface area (Å²) in [4.78, 5) is 24.5. The fourth-order valence-electron chi connectivity index (χ4n) is 2.09. The fraction of sp³-hybridized carbons (Fsp3) is 0.667. The molecule has 17 heavy (non-hydrogen) atoms. The molecule has 0 aliphatic carbocycles. The molecule has 1 amide bonds. The normalized spacial score (nSPS) is 26.1. The van der Waals surface area contributed by atoms with E-state index in [9.17, 15) is 9.59 Å². The second-order valence-electron chi connectivity index (χ2n) is 4.54. The third-order valence-corrected chi connectivity index (χ3v) is 2.91. The van der Waals surface area contributed by atoms with E-state index in [-0.39, 0.29) is 18.4 Å². The van der Waals surface area contributed by atoms with Crippen molar-refractivity contribution >= 4 is 11.9 Å². The van der Waals surface area contributed by atoms with Crippen molar-refractivity contribution in [2.24, 2.45) is 5.92 Å². The van der Waals surface area contributed by atoms with Crippen LogP contribution in [0.1, 0.15) is 19.8 Å².